The summed E-state index contributed by atoms with van der Waals surface area (Å²) >= 11 is 0. The fourth-order valence-electron chi connectivity index (χ4n) is 1.34. The van der Waals surface area contributed by atoms with Crippen LogP contribution in [0.15, 0.2) is 0 Å². The molecule has 0 aromatic heterocycles. The van der Waals surface area contributed by atoms with Crippen LogP contribution >= 0.6 is 0 Å². The van der Waals surface area contributed by atoms with E-state index >= 15 is 0 Å². The molecule has 0 radical (unpaired) electrons. The van der Waals surface area contributed by atoms with Crippen molar-refractivity contribution >= 4 is 5.97 Å². The standard InChI is InChI=1S/C12H12F4O2/c1-3-4-8(17)18-5-7-11(15)9(13)6(2)10(14)12(7)16/h3-5H2,1-2H3. The first-order valence-electron chi connectivity index (χ1n) is 5.37. The van der Waals surface area contributed by atoms with Gasteiger partial charge in [0, 0.05) is 12.0 Å². The van der Waals surface area contributed by atoms with E-state index in [0.717, 1.165) is 6.92 Å². The highest BCUT2D eigenvalue weighted by molar-refractivity contribution is 5.69. The summed E-state index contributed by atoms with van der Waals surface area (Å²) in [7, 11) is 0. The van der Waals surface area contributed by atoms with Gasteiger partial charge in [-0.3, -0.25) is 4.79 Å². The first-order chi connectivity index (χ1) is 8.40. The van der Waals surface area contributed by atoms with Crippen LogP contribution in [0, 0.1) is 30.2 Å². The predicted octanol–water partition coefficient (Wildman–Crippen LogP) is 3.39. The lowest BCUT2D eigenvalue weighted by Crippen LogP contribution is -2.10. The minimum absolute atomic E-state index is 0.0695. The molecule has 0 aliphatic rings. The first-order valence-corrected chi connectivity index (χ1v) is 5.37. The van der Waals surface area contributed by atoms with Gasteiger partial charge < -0.3 is 4.74 Å². The summed E-state index contributed by atoms with van der Waals surface area (Å²) < 4.78 is 57.6. The summed E-state index contributed by atoms with van der Waals surface area (Å²) in [4.78, 5) is 11.0. The fraction of sp³-hybridized carbons (Fsp3) is 0.417. The van der Waals surface area contributed by atoms with Crippen molar-refractivity contribution in [3.8, 4) is 0 Å². The molecule has 0 saturated carbocycles. The van der Waals surface area contributed by atoms with Gasteiger partial charge in [-0.05, 0) is 13.3 Å². The molecule has 1 rings (SSSR count). The van der Waals surface area contributed by atoms with Gasteiger partial charge in [0.2, 0.25) is 0 Å². The van der Waals surface area contributed by atoms with Crippen LogP contribution in [-0.2, 0) is 16.1 Å². The molecule has 0 saturated heterocycles. The molecule has 6 heteroatoms. The van der Waals surface area contributed by atoms with Gasteiger partial charge in [0.1, 0.15) is 6.61 Å². The molecular formula is C12H12F4O2. The third-order valence-electron chi connectivity index (χ3n) is 2.41. The predicted molar refractivity (Wildman–Crippen MR) is 55.7 cm³/mol. The molecule has 100 valence electrons. The summed E-state index contributed by atoms with van der Waals surface area (Å²) in [5.41, 5.74) is -1.66. The Balaban J connectivity index is 2.99. The molecule has 1 aromatic carbocycles. The van der Waals surface area contributed by atoms with Crippen LogP contribution in [0.3, 0.4) is 0 Å². The Kier molecular flexibility index (Phi) is 4.69. The van der Waals surface area contributed by atoms with E-state index in [1.807, 2.05) is 0 Å². The van der Waals surface area contributed by atoms with E-state index in [0.29, 0.717) is 6.42 Å². The Morgan fingerprint density at radius 2 is 1.56 bits per heavy atom. The highest BCUT2D eigenvalue weighted by Gasteiger charge is 2.23. The fourth-order valence-corrected chi connectivity index (χ4v) is 1.34. The van der Waals surface area contributed by atoms with Crippen LogP contribution < -0.4 is 0 Å². The maximum absolute atomic E-state index is 13.4. The summed E-state index contributed by atoms with van der Waals surface area (Å²) in [6.45, 7) is 1.81. The van der Waals surface area contributed by atoms with Crippen molar-refractivity contribution in [1.29, 1.82) is 0 Å². The average Bonchev–Trinajstić information content (AvgIpc) is 2.34. The van der Waals surface area contributed by atoms with E-state index in [9.17, 15) is 22.4 Å². The zero-order chi connectivity index (χ0) is 13.9. The number of rotatable bonds is 4. The van der Waals surface area contributed by atoms with Crippen LogP contribution in [0.5, 0.6) is 0 Å². The Morgan fingerprint density at radius 3 is 2.00 bits per heavy atom. The molecule has 0 atom stereocenters. The van der Waals surface area contributed by atoms with Gasteiger partial charge >= 0.3 is 5.97 Å². The van der Waals surface area contributed by atoms with Gasteiger partial charge in [-0.1, -0.05) is 6.92 Å². The zero-order valence-electron chi connectivity index (χ0n) is 9.95. The minimum Gasteiger partial charge on any atom is -0.461 e. The molecule has 0 aliphatic heterocycles. The highest BCUT2D eigenvalue weighted by atomic mass is 19.2. The van der Waals surface area contributed by atoms with Crippen molar-refractivity contribution in [1.82, 2.24) is 0 Å². The number of carbonyl (C=O) groups excluding carboxylic acids is 1. The molecule has 0 spiro atoms. The van der Waals surface area contributed by atoms with Crippen molar-refractivity contribution in [3.05, 3.63) is 34.4 Å². The number of ether oxygens (including phenoxy) is 1. The van der Waals surface area contributed by atoms with Crippen LogP contribution in [0.25, 0.3) is 0 Å². The Hall–Kier alpha value is -1.59. The Bertz CT molecular complexity index is 443. The number of halogens is 4. The van der Waals surface area contributed by atoms with Gasteiger partial charge in [0.15, 0.2) is 23.3 Å². The van der Waals surface area contributed by atoms with E-state index in [4.69, 9.17) is 0 Å². The summed E-state index contributed by atoms with van der Waals surface area (Å²) in [6.07, 6.45) is 0.570. The minimum atomic E-state index is -1.53. The van der Waals surface area contributed by atoms with Crippen molar-refractivity contribution in [3.63, 3.8) is 0 Å². The monoisotopic (exact) mass is 264 g/mol. The average molecular weight is 264 g/mol. The molecule has 2 nitrogen and oxygen atoms in total. The molecule has 0 aliphatic carbocycles. The normalized spacial score (nSPS) is 10.6. The topological polar surface area (TPSA) is 26.3 Å². The lowest BCUT2D eigenvalue weighted by atomic mass is 10.1. The number of hydrogen-bond donors (Lipinski definition) is 0. The lowest BCUT2D eigenvalue weighted by Gasteiger charge is -2.10. The molecule has 0 N–H and O–H groups in total. The number of benzene rings is 1. The quantitative estimate of drug-likeness (QED) is 0.473. The van der Waals surface area contributed by atoms with Crippen LogP contribution in [0.1, 0.15) is 30.9 Å². The lowest BCUT2D eigenvalue weighted by molar-refractivity contribution is -0.145. The van der Waals surface area contributed by atoms with Gasteiger partial charge in [-0.25, -0.2) is 17.6 Å². The van der Waals surface area contributed by atoms with Crippen molar-refractivity contribution in [2.75, 3.05) is 0 Å². The van der Waals surface area contributed by atoms with E-state index in [1.54, 1.807) is 6.92 Å². The second kappa shape index (κ2) is 5.84. The number of esters is 1. The smallest absolute Gasteiger partial charge is 0.306 e. The SMILES string of the molecule is CCCC(=O)OCc1c(F)c(F)c(C)c(F)c1F. The summed E-state index contributed by atoms with van der Waals surface area (Å²) in [5, 5.41) is 0. The molecule has 0 fully saturated rings. The largest absolute Gasteiger partial charge is 0.461 e. The van der Waals surface area contributed by atoms with Crippen LogP contribution in [0.4, 0.5) is 17.6 Å². The van der Waals surface area contributed by atoms with E-state index in [1.165, 1.54) is 0 Å². The summed E-state index contributed by atoms with van der Waals surface area (Å²) in [6, 6.07) is 0. The molecule has 0 unspecified atom stereocenters. The molecule has 0 heterocycles. The van der Waals surface area contributed by atoms with Crippen molar-refractivity contribution < 1.29 is 27.1 Å². The molecule has 1 aromatic rings. The van der Waals surface area contributed by atoms with E-state index < -0.39 is 47.0 Å². The third-order valence-corrected chi connectivity index (χ3v) is 2.41. The van der Waals surface area contributed by atoms with Crippen molar-refractivity contribution in [2.24, 2.45) is 0 Å². The van der Waals surface area contributed by atoms with Gasteiger partial charge in [0.05, 0.1) is 5.56 Å². The maximum atomic E-state index is 13.4. The highest BCUT2D eigenvalue weighted by Crippen LogP contribution is 2.24. The van der Waals surface area contributed by atoms with Crippen LogP contribution in [0.2, 0.25) is 0 Å². The second-order valence-electron chi connectivity index (χ2n) is 3.77. The van der Waals surface area contributed by atoms with Crippen LogP contribution in [-0.4, -0.2) is 5.97 Å². The Labute approximate surface area is 102 Å². The molecular weight excluding hydrogens is 252 g/mol. The maximum Gasteiger partial charge on any atom is 0.306 e. The zero-order valence-corrected chi connectivity index (χ0v) is 9.95. The first kappa shape index (κ1) is 14.5. The number of carbonyl (C=O) groups is 1. The van der Waals surface area contributed by atoms with Crippen molar-refractivity contribution in [2.45, 2.75) is 33.3 Å². The van der Waals surface area contributed by atoms with Gasteiger partial charge in [-0.2, -0.15) is 0 Å². The Morgan fingerprint density at radius 1 is 1.06 bits per heavy atom. The molecule has 18 heavy (non-hydrogen) atoms. The van der Waals surface area contributed by atoms with Gasteiger partial charge in [0.25, 0.3) is 0 Å². The van der Waals surface area contributed by atoms with E-state index in [-0.39, 0.29) is 6.42 Å². The molecule has 0 amide bonds. The van der Waals surface area contributed by atoms with E-state index in [2.05, 4.69) is 4.74 Å². The summed E-state index contributed by atoms with van der Waals surface area (Å²) in [5.74, 6) is -6.70. The molecule has 0 bridgehead atoms. The third kappa shape index (κ3) is 2.80. The van der Waals surface area contributed by atoms with Gasteiger partial charge in [-0.15, -0.1) is 0 Å². The number of hydrogen-bond acceptors (Lipinski definition) is 2. The second-order valence-corrected chi connectivity index (χ2v) is 3.77.